The second-order valence-electron chi connectivity index (χ2n) is 4.03. The number of halogens is 1. The van der Waals surface area contributed by atoms with E-state index >= 15 is 0 Å². The van der Waals surface area contributed by atoms with Crippen molar-refractivity contribution >= 4 is 15.5 Å². The number of nitrogens with two attached hydrogens (primary N) is 1. The van der Waals surface area contributed by atoms with Crippen LogP contribution in [0.1, 0.15) is 0 Å². The van der Waals surface area contributed by atoms with E-state index in [1.54, 1.807) is 6.07 Å². The van der Waals surface area contributed by atoms with Gasteiger partial charge in [-0.05, 0) is 30.3 Å². The molecule has 0 aliphatic heterocycles. The Morgan fingerprint density at radius 1 is 1.16 bits per heavy atom. The SMILES string of the molecule is CS(=O)(=O)c1ccc(Oc2cccc(F)c2)c(N)c1. The summed E-state index contributed by atoms with van der Waals surface area (Å²) in [6, 6.07) is 9.73. The van der Waals surface area contributed by atoms with Crippen LogP contribution < -0.4 is 10.5 Å². The molecule has 0 saturated heterocycles. The summed E-state index contributed by atoms with van der Waals surface area (Å²) in [7, 11) is -3.32. The van der Waals surface area contributed by atoms with Gasteiger partial charge in [0.2, 0.25) is 0 Å². The van der Waals surface area contributed by atoms with Gasteiger partial charge in [0.05, 0.1) is 10.6 Å². The van der Waals surface area contributed by atoms with Gasteiger partial charge >= 0.3 is 0 Å². The summed E-state index contributed by atoms with van der Waals surface area (Å²) in [5.41, 5.74) is 5.89. The highest BCUT2D eigenvalue weighted by Crippen LogP contribution is 2.29. The number of anilines is 1. The van der Waals surface area contributed by atoms with Gasteiger partial charge in [0, 0.05) is 12.3 Å². The minimum atomic E-state index is -3.32. The van der Waals surface area contributed by atoms with Crippen molar-refractivity contribution in [1.82, 2.24) is 0 Å². The van der Waals surface area contributed by atoms with E-state index in [0.29, 0.717) is 5.75 Å². The highest BCUT2D eigenvalue weighted by molar-refractivity contribution is 7.90. The summed E-state index contributed by atoms with van der Waals surface area (Å²) in [6.07, 6.45) is 1.09. The molecule has 0 radical (unpaired) electrons. The number of rotatable bonds is 3. The van der Waals surface area contributed by atoms with Crippen molar-refractivity contribution in [2.75, 3.05) is 12.0 Å². The maximum Gasteiger partial charge on any atom is 0.175 e. The van der Waals surface area contributed by atoms with Gasteiger partial charge < -0.3 is 10.5 Å². The second kappa shape index (κ2) is 4.89. The molecule has 19 heavy (non-hydrogen) atoms. The maximum atomic E-state index is 13.0. The fraction of sp³-hybridized carbons (Fsp3) is 0.0769. The molecule has 0 unspecified atom stereocenters. The summed E-state index contributed by atoms with van der Waals surface area (Å²) >= 11 is 0. The predicted molar refractivity (Wildman–Crippen MR) is 70.4 cm³/mol. The molecule has 2 aromatic rings. The van der Waals surface area contributed by atoms with Crippen LogP contribution in [-0.4, -0.2) is 14.7 Å². The third-order valence-electron chi connectivity index (χ3n) is 2.43. The molecular formula is C13H12FNO3S. The van der Waals surface area contributed by atoms with E-state index in [2.05, 4.69) is 0 Å². The van der Waals surface area contributed by atoms with E-state index in [-0.39, 0.29) is 16.3 Å². The largest absolute Gasteiger partial charge is 0.455 e. The van der Waals surface area contributed by atoms with Gasteiger partial charge in [-0.15, -0.1) is 0 Å². The lowest BCUT2D eigenvalue weighted by molar-refractivity contribution is 0.478. The van der Waals surface area contributed by atoms with E-state index in [9.17, 15) is 12.8 Å². The van der Waals surface area contributed by atoms with Crippen molar-refractivity contribution in [3.63, 3.8) is 0 Å². The number of hydrogen-bond acceptors (Lipinski definition) is 4. The standard InChI is InChI=1S/C13H12FNO3S/c1-19(16,17)11-5-6-13(12(15)8-11)18-10-4-2-3-9(14)7-10/h2-8H,15H2,1H3. The van der Waals surface area contributed by atoms with Crippen LogP contribution in [-0.2, 0) is 9.84 Å². The van der Waals surface area contributed by atoms with Crippen LogP contribution in [0.3, 0.4) is 0 Å². The van der Waals surface area contributed by atoms with Crippen molar-refractivity contribution in [1.29, 1.82) is 0 Å². The lowest BCUT2D eigenvalue weighted by Gasteiger charge is -2.09. The predicted octanol–water partition coefficient (Wildman–Crippen LogP) is 2.60. The molecule has 0 fully saturated rings. The molecular weight excluding hydrogens is 269 g/mol. The first-order chi connectivity index (χ1) is 8.86. The van der Waals surface area contributed by atoms with Crippen molar-refractivity contribution in [2.45, 2.75) is 4.90 Å². The summed E-state index contributed by atoms with van der Waals surface area (Å²) < 4.78 is 41.1. The Morgan fingerprint density at radius 3 is 2.47 bits per heavy atom. The Balaban J connectivity index is 2.32. The topological polar surface area (TPSA) is 69.4 Å². The molecule has 0 aliphatic carbocycles. The van der Waals surface area contributed by atoms with Gasteiger partial charge in [0.1, 0.15) is 17.3 Å². The van der Waals surface area contributed by atoms with Crippen LogP contribution in [0.4, 0.5) is 10.1 Å². The molecule has 6 heteroatoms. The minimum absolute atomic E-state index is 0.108. The molecule has 0 spiro atoms. The molecule has 0 amide bonds. The molecule has 0 aliphatic rings. The molecule has 100 valence electrons. The first-order valence-electron chi connectivity index (χ1n) is 5.39. The van der Waals surface area contributed by atoms with Crippen LogP contribution in [0.2, 0.25) is 0 Å². The molecule has 0 saturated carbocycles. The smallest absolute Gasteiger partial charge is 0.175 e. The monoisotopic (exact) mass is 281 g/mol. The molecule has 2 N–H and O–H groups in total. The summed E-state index contributed by atoms with van der Waals surface area (Å²) in [5, 5.41) is 0. The lowest BCUT2D eigenvalue weighted by atomic mass is 10.3. The first-order valence-corrected chi connectivity index (χ1v) is 7.28. The summed E-state index contributed by atoms with van der Waals surface area (Å²) in [6.45, 7) is 0. The molecule has 0 atom stereocenters. The van der Waals surface area contributed by atoms with Crippen molar-refractivity contribution in [2.24, 2.45) is 0 Å². The fourth-order valence-electron chi connectivity index (χ4n) is 1.51. The van der Waals surface area contributed by atoms with Gasteiger partial charge in [0.25, 0.3) is 0 Å². The summed E-state index contributed by atoms with van der Waals surface area (Å²) in [4.78, 5) is 0.108. The minimum Gasteiger partial charge on any atom is -0.455 e. The van der Waals surface area contributed by atoms with Gasteiger partial charge in [-0.25, -0.2) is 12.8 Å². The van der Waals surface area contributed by atoms with Gasteiger partial charge in [-0.1, -0.05) is 6.07 Å². The van der Waals surface area contributed by atoms with Gasteiger partial charge in [-0.2, -0.15) is 0 Å². The normalized spacial score (nSPS) is 11.3. The van der Waals surface area contributed by atoms with Crippen LogP contribution in [0.15, 0.2) is 47.4 Å². The Bertz CT molecular complexity index is 714. The highest BCUT2D eigenvalue weighted by Gasteiger charge is 2.10. The molecule has 0 heterocycles. The Kier molecular flexibility index (Phi) is 3.44. The molecule has 2 rings (SSSR count). The highest BCUT2D eigenvalue weighted by atomic mass is 32.2. The third-order valence-corrected chi connectivity index (χ3v) is 3.54. The van der Waals surface area contributed by atoms with E-state index in [1.807, 2.05) is 0 Å². The van der Waals surface area contributed by atoms with Crippen LogP contribution in [0, 0.1) is 5.82 Å². The van der Waals surface area contributed by atoms with Crippen molar-refractivity contribution < 1.29 is 17.5 Å². The van der Waals surface area contributed by atoms with E-state index in [0.717, 1.165) is 6.26 Å². The zero-order chi connectivity index (χ0) is 14.0. The van der Waals surface area contributed by atoms with Crippen molar-refractivity contribution in [3.05, 3.63) is 48.3 Å². The molecule has 0 aromatic heterocycles. The van der Waals surface area contributed by atoms with Crippen LogP contribution in [0.5, 0.6) is 11.5 Å². The number of hydrogen-bond donors (Lipinski definition) is 1. The Labute approximate surface area is 110 Å². The molecule has 4 nitrogen and oxygen atoms in total. The molecule has 0 bridgehead atoms. The molecule has 2 aromatic carbocycles. The quantitative estimate of drug-likeness (QED) is 0.878. The number of nitrogen functional groups attached to an aromatic ring is 1. The van der Waals surface area contributed by atoms with Gasteiger partial charge in [-0.3, -0.25) is 0 Å². The number of sulfone groups is 1. The van der Waals surface area contributed by atoms with E-state index < -0.39 is 15.7 Å². The van der Waals surface area contributed by atoms with E-state index in [4.69, 9.17) is 10.5 Å². The van der Waals surface area contributed by atoms with Crippen LogP contribution in [0.25, 0.3) is 0 Å². The zero-order valence-corrected chi connectivity index (χ0v) is 10.9. The Hall–Kier alpha value is -2.08. The summed E-state index contributed by atoms with van der Waals surface area (Å²) in [5.74, 6) is 0.139. The first kappa shape index (κ1) is 13.4. The number of benzene rings is 2. The fourth-order valence-corrected chi connectivity index (χ4v) is 2.16. The zero-order valence-electron chi connectivity index (χ0n) is 10.1. The van der Waals surface area contributed by atoms with E-state index in [1.165, 1.54) is 36.4 Å². The Morgan fingerprint density at radius 2 is 1.89 bits per heavy atom. The van der Waals surface area contributed by atoms with Crippen LogP contribution >= 0.6 is 0 Å². The average Bonchev–Trinajstić information content (AvgIpc) is 2.30. The van der Waals surface area contributed by atoms with Gasteiger partial charge in [0.15, 0.2) is 9.84 Å². The third kappa shape index (κ3) is 3.23. The maximum absolute atomic E-state index is 13.0. The van der Waals surface area contributed by atoms with Crippen molar-refractivity contribution in [3.8, 4) is 11.5 Å². The second-order valence-corrected chi connectivity index (χ2v) is 6.05. The lowest BCUT2D eigenvalue weighted by Crippen LogP contribution is -1.99. The number of ether oxygens (including phenoxy) is 1. The average molecular weight is 281 g/mol.